The Labute approximate surface area is 124 Å². The second kappa shape index (κ2) is 5.12. The summed E-state index contributed by atoms with van der Waals surface area (Å²) >= 11 is 6.11. The SMILES string of the molecule is Cc1cc(C(O)C2Cc3ccccc3O2)c(C)cc1Cl. The largest absolute Gasteiger partial charge is 0.487 e. The summed E-state index contributed by atoms with van der Waals surface area (Å²) in [6.07, 6.45) is -0.136. The van der Waals surface area contributed by atoms with E-state index in [4.69, 9.17) is 16.3 Å². The topological polar surface area (TPSA) is 29.5 Å². The van der Waals surface area contributed by atoms with Gasteiger partial charge in [0.2, 0.25) is 0 Å². The van der Waals surface area contributed by atoms with Crippen molar-refractivity contribution >= 4 is 11.6 Å². The minimum Gasteiger partial charge on any atom is -0.487 e. The van der Waals surface area contributed by atoms with Crippen LogP contribution in [0.2, 0.25) is 5.02 Å². The molecule has 2 aromatic carbocycles. The highest BCUT2D eigenvalue weighted by atomic mass is 35.5. The van der Waals surface area contributed by atoms with Gasteiger partial charge in [-0.05, 0) is 48.2 Å². The normalized spacial score (nSPS) is 18.5. The number of hydrogen-bond donors (Lipinski definition) is 1. The summed E-state index contributed by atoms with van der Waals surface area (Å²) in [4.78, 5) is 0. The molecule has 0 radical (unpaired) electrons. The van der Waals surface area contributed by atoms with Gasteiger partial charge in [0.25, 0.3) is 0 Å². The second-order valence-corrected chi connectivity index (χ2v) is 5.78. The third-order valence-corrected chi connectivity index (χ3v) is 4.30. The lowest BCUT2D eigenvalue weighted by atomic mass is 9.95. The Morgan fingerprint density at radius 3 is 2.70 bits per heavy atom. The van der Waals surface area contributed by atoms with Gasteiger partial charge in [-0.2, -0.15) is 0 Å². The number of aliphatic hydroxyl groups excluding tert-OH is 1. The zero-order chi connectivity index (χ0) is 14.3. The molecule has 0 aliphatic carbocycles. The van der Waals surface area contributed by atoms with Crippen molar-refractivity contribution in [3.63, 3.8) is 0 Å². The van der Waals surface area contributed by atoms with E-state index in [9.17, 15) is 5.11 Å². The van der Waals surface area contributed by atoms with E-state index < -0.39 is 6.10 Å². The van der Waals surface area contributed by atoms with Crippen LogP contribution in [0.15, 0.2) is 36.4 Å². The van der Waals surface area contributed by atoms with Crippen molar-refractivity contribution < 1.29 is 9.84 Å². The number of rotatable bonds is 2. The highest BCUT2D eigenvalue weighted by molar-refractivity contribution is 6.31. The third kappa shape index (κ3) is 2.30. The van der Waals surface area contributed by atoms with Crippen LogP contribution in [0.1, 0.15) is 28.4 Å². The van der Waals surface area contributed by atoms with Gasteiger partial charge in [0.1, 0.15) is 18.0 Å². The van der Waals surface area contributed by atoms with Crippen molar-refractivity contribution in [3.05, 3.63) is 63.7 Å². The summed E-state index contributed by atoms with van der Waals surface area (Å²) in [7, 11) is 0. The summed E-state index contributed by atoms with van der Waals surface area (Å²) in [6.45, 7) is 3.91. The molecule has 0 fully saturated rings. The fourth-order valence-corrected chi connectivity index (χ4v) is 2.93. The molecule has 20 heavy (non-hydrogen) atoms. The molecule has 1 N–H and O–H groups in total. The van der Waals surface area contributed by atoms with Gasteiger partial charge in [-0.25, -0.2) is 0 Å². The van der Waals surface area contributed by atoms with E-state index in [0.29, 0.717) is 0 Å². The van der Waals surface area contributed by atoms with Gasteiger partial charge in [0, 0.05) is 11.4 Å². The predicted molar refractivity (Wildman–Crippen MR) is 80.4 cm³/mol. The molecule has 0 saturated heterocycles. The van der Waals surface area contributed by atoms with Crippen molar-refractivity contribution in [2.24, 2.45) is 0 Å². The van der Waals surface area contributed by atoms with E-state index >= 15 is 0 Å². The average Bonchev–Trinajstić information content (AvgIpc) is 2.86. The Morgan fingerprint density at radius 1 is 1.20 bits per heavy atom. The Balaban J connectivity index is 1.88. The molecule has 2 aromatic rings. The molecule has 1 heterocycles. The highest BCUT2D eigenvalue weighted by Crippen LogP contribution is 2.35. The molecule has 3 heteroatoms. The molecular weight excluding hydrogens is 272 g/mol. The smallest absolute Gasteiger partial charge is 0.133 e. The summed E-state index contributed by atoms with van der Waals surface area (Å²) < 4.78 is 5.87. The lowest BCUT2D eigenvalue weighted by molar-refractivity contribution is 0.0487. The molecule has 2 unspecified atom stereocenters. The van der Waals surface area contributed by atoms with Crippen molar-refractivity contribution in [2.45, 2.75) is 32.5 Å². The Bertz CT molecular complexity index is 626. The maximum Gasteiger partial charge on any atom is 0.133 e. The molecular formula is C17H17ClO2. The van der Waals surface area contributed by atoms with Gasteiger partial charge < -0.3 is 9.84 Å². The summed E-state index contributed by atoms with van der Waals surface area (Å²) in [5, 5.41) is 11.4. The van der Waals surface area contributed by atoms with Crippen LogP contribution in [-0.2, 0) is 6.42 Å². The van der Waals surface area contributed by atoms with Crippen LogP contribution >= 0.6 is 11.6 Å². The molecule has 0 spiro atoms. The number of benzene rings is 2. The maximum atomic E-state index is 10.6. The van der Waals surface area contributed by atoms with Gasteiger partial charge in [0.05, 0.1) is 0 Å². The Hall–Kier alpha value is -1.51. The molecule has 0 amide bonds. The molecule has 2 atom stereocenters. The van der Waals surface area contributed by atoms with Crippen LogP contribution in [0.5, 0.6) is 5.75 Å². The van der Waals surface area contributed by atoms with Crippen LogP contribution in [-0.4, -0.2) is 11.2 Å². The predicted octanol–water partition coefficient (Wildman–Crippen LogP) is 3.99. The van der Waals surface area contributed by atoms with E-state index in [1.807, 2.05) is 50.2 Å². The monoisotopic (exact) mass is 288 g/mol. The summed E-state index contributed by atoms with van der Waals surface area (Å²) in [5.41, 5.74) is 4.01. The minimum absolute atomic E-state index is 0.230. The number of fused-ring (bicyclic) bond motifs is 1. The van der Waals surface area contributed by atoms with E-state index in [1.54, 1.807) is 0 Å². The van der Waals surface area contributed by atoms with Crippen LogP contribution in [0.25, 0.3) is 0 Å². The van der Waals surface area contributed by atoms with Gasteiger partial charge in [-0.3, -0.25) is 0 Å². The molecule has 3 rings (SSSR count). The van der Waals surface area contributed by atoms with Crippen molar-refractivity contribution in [1.82, 2.24) is 0 Å². The molecule has 2 nitrogen and oxygen atoms in total. The second-order valence-electron chi connectivity index (χ2n) is 5.37. The minimum atomic E-state index is -0.640. The molecule has 1 aliphatic rings. The molecule has 1 aliphatic heterocycles. The molecule has 104 valence electrons. The van der Waals surface area contributed by atoms with E-state index in [1.165, 1.54) is 0 Å². The van der Waals surface area contributed by atoms with Crippen LogP contribution in [0.3, 0.4) is 0 Å². The van der Waals surface area contributed by atoms with Crippen molar-refractivity contribution in [2.75, 3.05) is 0 Å². The first-order chi connectivity index (χ1) is 9.56. The number of para-hydroxylation sites is 1. The first-order valence-corrected chi connectivity index (χ1v) is 7.13. The highest BCUT2D eigenvalue weighted by Gasteiger charge is 2.30. The van der Waals surface area contributed by atoms with Gasteiger partial charge in [-0.15, -0.1) is 0 Å². The zero-order valence-electron chi connectivity index (χ0n) is 11.6. The first-order valence-electron chi connectivity index (χ1n) is 6.75. The van der Waals surface area contributed by atoms with Gasteiger partial charge in [0.15, 0.2) is 0 Å². The quantitative estimate of drug-likeness (QED) is 0.905. The number of aliphatic hydroxyl groups is 1. The molecule has 0 bridgehead atoms. The fourth-order valence-electron chi connectivity index (χ4n) is 2.71. The van der Waals surface area contributed by atoms with E-state index in [0.717, 1.165) is 39.4 Å². The summed E-state index contributed by atoms with van der Waals surface area (Å²) in [5.74, 6) is 0.875. The molecule has 0 saturated carbocycles. The number of halogens is 1. The standard InChI is InChI=1S/C17H17ClO2/c1-10-8-14(18)11(2)7-13(10)17(19)16-9-12-5-3-4-6-15(12)20-16/h3-8,16-17,19H,9H2,1-2H3. The number of aryl methyl sites for hydroxylation is 2. The number of ether oxygens (including phenoxy) is 1. The van der Waals surface area contributed by atoms with E-state index in [2.05, 4.69) is 0 Å². The third-order valence-electron chi connectivity index (χ3n) is 3.89. The fraction of sp³-hybridized carbons (Fsp3) is 0.294. The van der Waals surface area contributed by atoms with Crippen LogP contribution in [0.4, 0.5) is 0 Å². The van der Waals surface area contributed by atoms with Crippen molar-refractivity contribution in [1.29, 1.82) is 0 Å². The van der Waals surface area contributed by atoms with Gasteiger partial charge in [-0.1, -0.05) is 35.9 Å². The molecule has 0 aromatic heterocycles. The zero-order valence-corrected chi connectivity index (χ0v) is 12.3. The maximum absolute atomic E-state index is 10.6. The lowest BCUT2D eigenvalue weighted by Gasteiger charge is -2.21. The van der Waals surface area contributed by atoms with E-state index in [-0.39, 0.29) is 6.10 Å². The number of hydrogen-bond acceptors (Lipinski definition) is 2. The van der Waals surface area contributed by atoms with Gasteiger partial charge >= 0.3 is 0 Å². The first kappa shape index (κ1) is 13.5. The van der Waals surface area contributed by atoms with Crippen molar-refractivity contribution in [3.8, 4) is 5.75 Å². The van der Waals surface area contributed by atoms with Crippen LogP contribution in [0, 0.1) is 13.8 Å². The lowest BCUT2D eigenvalue weighted by Crippen LogP contribution is -2.23. The van der Waals surface area contributed by atoms with Crippen LogP contribution < -0.4 is 4.74 Å². The summed E-state index contributed by atoms with van der Waals surface area (Å²) in [6, 6.07) is 11.8. The Morgan fingerprint density at radius 2 is 1.95 bits per heavy atom. The Kier molecular flexibility index (Phi) is 3.45. The average molecular weight is 289 g/mol.